The van der Waals surface area contributed by atoms with Gasteiger partial charge in [-0.05, 0) is 24.9 Å². The van der Waals surface area contributed by atoms with Gasteiger partial charge in [-0.25, -0.2) is 0 Å². The molecule has 0 radical (unpaired) electrons. The molecule has 0 bridgehead atoms. The van der Waals surface area contributed by atoms with Crippen molar-refractivity contribution in [3.05, 3.63) is 32.8 Å². The Hall–Kier alpha value is -1.37. The van der Waals surface area contributed by atoms with E-state index in [0.717, 1.165) is 25.6 Å². The molecule has 0 aliphatic carbocycles. The summed E-state index contributed by atoms with van der Waals surface area (Å²) in [4.78, 5) is 12.2. The lowest BCUT2D eigenvalue weighted by Gasteiger charge is -2.16. The summed E-state index contributed by atoms with van der Waals surface area (Å²) in [5, 5.41) is 30.0. The van der Waals surface area contributed by atoms with Crippen molar-refractivity contribution in [1.29, 1.82) is 0 Å². The van der Waals surface area contributed by atoms with Crippen LogP contribution in [0.1, 0.15) is 12.0 Å². The van der Waals surface area contributed by atoms with Gasteiger partial charge in [-0.3, -0.25) is 15.0 Å². The van der Waals surface area contributed by atoms with Crippen LogP contribution >= 0.6 is 11.6 Å². The molecule has 0 saturated carbocycles. The van der Waals surface area contributed by atoms with Gasteiger partial charge in [0.25, 0.3) is 0 Å². The normalized spacial score (nSPS) is 19.8. The Morgan fingerprint density at radius 2 is 2.26 bits per heavy atom. The highest BCUT2D eigenvalue weighted by Gasteiger charge is 2.25. The number of phenolic OH excluding ortho intramolecular Hbond substituents is 1. The summed E-state index contributed by atoms with van der Waals surface area (Å²) in [6.07, 6.45) is 0.889. The maximum atomic E-state index is 10.8. The predicted molar refractivity (Wildman–Crippen MR) is 70.2 cm³/mol. The number of rotatable bonds is 4. The van der Waals surface area contributed by atoms with Crippen LogP contribution in [0.3, 0.4) is 0 Å². The van der Waals surface area contributed by atoms with Gasteiger partial charge in [-0.2, -0.15) is 0 Å². The number of likely N-dealkylation sites (tertiary alicyclic amines) is 1. The molecule has 19 heavy (non-hydrogen) atoms. The van der Waals surface area contributed by atoms with Gasteiger partial charge in [-0.15, -0.1) is 0 Å². The lowest BCUT2D eigenvalue weighted by molar-refractivity contribution is -0.385. The number of benzene rings is 1. The second kappa shape index (κ2) is 5.73. The summed E-state index contributed by atoms with van der Waals surface area (Å²) in [6, 6.07) is 2.68. The first kappa shape index (κ1) is 14.0. The van der Waals surface area contributed by atoms with Gasteiger partial charge in [-0.1, -0.05) is 11.6 Å². The molecule has 104 valence electrons. The van der Waals surface area contributed by atoms with Gasteiger partial charge >= 0.3 is 5.69 Å². The van der Waals surface area contributed by atoms with Crippen LogP contribution in [0, 0.1) is 16.0 Å². The molecule has 1 fully saturated rings. The Bertz CT molecular complexity index is 495. The lowest BCUT2D eigenvalue weighted by atomic mass is 10.1. The molecule has 1 aromatic carbocycles. The predicted octanol–water partition coefficient (Wildman–Crippen LogP) is 1.77. The van der Waals surface area contributed by atoms with Gasteiger partial charge in [0.1, 0.15) is 0 Å². The number of phenols is 1. The van der Waals surface area contributed by atoms with Crippen LogP contribution < -0.4 is 0 Å². The van der Waals surface area contributed by atoms with E-state index >= 15 is 0 Å². The van der Waals surface area contributed by atoms with Crippen LogP contribution in [0.15, 0.2) is 12.1 Å². The monoisotopic (exact) mass is 286 g/mol. The van der Waals surface area contributed by atoms with Crippen LogP contribution in [-0.2, 0) is 6.54 Å². The molecule has 1 saturated heterocycles. The van der Waals surface area contributed by atoms with Crippen molar-refractivity contribution in [3.8, 4) is 5.75 Å². The number of aromatic hydroxyl groups is 1. The minimum atomic E-state index is -0.648. The molecule has 0 spiro atoms. The van der Waals surface area contributed by atoms with Crippen molar-refractivity contribution < 1.29 is 15.1 Å². The van der Waals surface area contributed by atoms with Crippen LogP contribution in [0.5, 0.6) is 5.75 Å². The van der Waals surface area contributed by atoms with E-state index in [4.69, 9.17) is 16.7 Å². The fraction of sp³-hybridized carbons (Fsp3) is 0.500. The fourth-order valence-corrected chi connectivity index (χ4v) is 2.58. The molecule has 0 aromatic heterocycles. The molecule has 6 nitrogen and oxygen atoms in total. The van der Waals surface area contributed by atoms with Crippen molar-refractivity contribution in [2.45, 2.75) is 13.0 Å². The average molecular weight is 287 g/mol. The van der Waals surface area contributed by atoms with E-state index in [-0.39, 0.29) is 29.0 Å². The number of hydrogen-bond donors (Lipinski definition) is 2. The van der Waals surface area contributed by atoms with Crippen molar-refractivity contribution in [2.75, 3.05) is 19.7 Å². The second-order valence-electron chi connectivity index (χ2n) is 4.76. The summed E-state index contributed by atoms with van der Waals surface area (Å²) < 4.78 is 0. The van der Waals surface area contributed by atoms with E-state index < -0.39 is 4.92 Å². The fourth-order valence-electron chi connectivity index (χ4n) is 2.35. The Kier molecular flexibility index (Phi) is 4.24. The summed E-state index contributed by atoms with van der Waals surface area (Å²) in [7, 11) is 0. The first-order valence-corrected chi connectivity index (χ1v) is 6.38. The Labute approximate surface area is 115 Å². The highest BCUT2D eigenvalue weighted by atomic mass is 35.5. The average Bonchev–Trinajstić information content (AvgIpc) is 2.80. The molecule has 1 unspecified atom stereocenters. The number of nitro benzene ring substituents is 1. The summed E-state index contributed by atoms with van der Waals surface area (Å²) in [5.74, 6) is -0.0989. The van der Waals surface area contributed by atoms with Gasteiger partial charge in [0, 0.05) is 36.3 Å². The minimum absolute atomic E-state index is 0.137. The zero-order chi connectivity index (χ0) is 14.0. The van der Waals surface area contributed by atoms with Gasteiger partial charge < -0.3 is 10.2 Å². The van der Waals surface area contributed by atoms with Crippen molar-refractivity contribution in [1.82, 2.24) is 4.90 Å². The summed E-state index contributed by atoms with van der Waals surface area (Å²) in [5.41, 5.74) is 0.0678. The summed E-state index contributed by atoms with van der Waals surface area (Å²) >= 11 is 5.83. The second-order valence-corrected chi connectivity index (χ2v) is 5.20. The van der Waals surface area contributed by atoms with E-state index in [1.165, 1.54) is 6.07 Å². The molecule has 1 aliphatic rings. The topological polar surface area (TPSA) is 86.8 Å². The van der Waals surface area contributed by atoms with Crippen LogP contribution in [0.2, 0.25) is 5.02 Å². The zero-order valence-corrected chi connectivity index (χ0v) is 11.0. The first-order valence-electron chi connectivity index (χ1n) is 6.00. The van der Waals surface area contributed by atoms with Crippen molar-refractivity contribution in [2.24, 2.45) is 5.92 Å². The largest absolute Gasteiger partial charge is 0.502 e. The molecular formula is C12H15ClN2O4. The number of nitrogens with zero attached hydrogens (tertiary/aromatic N) is 2. The molecule has 2 rings (SSSR count). The Morgan fingerprint density at radius 3 is 2.84 bits per heavy atom. The number of nitro groups is 1. The molecular weight excluding hydrogens is 272 g/mol. The third-order valence-corrected chi connectivity index (χ3v) is 3.57. The van der Waals surface area contributed by atoms with Gasteiger partial charge in [0.05, 0.1) is 4.92 Å². The molecule has 1 aliphatic heterocycles. The zero-order valence-electron chi connectivity index (χ0n) is 10.3. The van der Waals surface area contributed by atoms with E-state index in [0.29, 0.717) is 12.1 Å². The van der Waals surface area contributed by atoms with E-state index in [1.807, 2.05) is 4.90 Å². The maximum Gasteiger partial charge on any atom is 0.312 e. The number of halogens is 1. The Balaban J connectivity index is 2.19. The van der Waals surface area contributed by atoms with Crippen LogP contribution in [-0.4, -0.2) is 39.7 Å². The maximum absolute atomic E-state index is 10.8. The quantitative estimate of drug-likeness (QED) is 0.651. The van der Waals surface area contributed by atoms with E-state index in [9.17, 15) is 15.2 Å². The molecule has 1 heterocycles. The number of aliphatic hydroxyl groups is 1. The molecule has 1 atom stereocenters. The van der Waals surface area contributed by atoms with Gasteiger partial charge in [0.15, 0.2) is 5.75 Å². The minimum Gasteiger partial charge on any atom is -0.502 e. The van der Waals surface area contributed by atoms with Crippen molar-refractivity contribution in [3.63, 3.8) is 0 Å². The van der Waals surface area contributed by atoms with Crippen LogP contribution in [0.25, 0.3) is 0 Å². The highest BCUT2D eigenvalue weighted by molar-refractivity contribution is 6.31. The van der Waals surface area contributed by atoms with E-state index in [1.54, 1.807) is 0 Å². The lowest BCUT2D eigenvalue weighted by Crippen LogP contribution is -2.21. The van der Waals surface area contributed by atoms with Crippen molar-refractivity contribution >= 4 is 17.3 Å². The molecule has 0 amide bonds. The number of aliphatic hydroxyl groups excluding tert-OH is 1. The first-order chi connectivity index (χ1) is 9.01. The molecule has 2 N–H and O–H groups in total. The van der Waals surface area contributed by atoms with Crippen LogP contribution in [0.4, 0.5) is 5.69 Å². The highest BCUT2D eigenvalue weighted by Crippen LogP contribution is 2.34. The smallest absolute Gasteiger partial charge is 0.312 e. The third kappa shape index (κ3) is 3.15. The van der Waals surface area contributed by atoms with E-state index in [2.05, 4.69) is 0 Å². The summed E-state index contributed by atoms with van der Waals surface area (Å²) in [6.45, 7) is 2.04. The van der Waals surface area contributed by atoms with Gasteiger partial charge in [0.2, 0.25) is 0 Å². The third-order valence-electron chi connectivity index (χ3n) is 3.35. The Morgan fingerprint density at radius 1 is 1.53 bits per heavy atom. The molecule has 7 heteroatoms. The SMILES string of the molecule is O=[N+]([O-])c1cc(Cl)cc(CN2CCC(CO)C2)c1O. The molecule has 1 aromatic rings. The number of hydrogen-bond acceptors (Lipinski definition) is 5. The standard InChI is InChI=1S/C12H15ClN2O4/c13-10-3-9(12(17)11(4-10)15(18)19)6-14-2-1-8(5-14)7-16/h3-4,8,16-17H,1-2,5-7H2.